The highest BCUT2D eigenvalue weighted by Crippen LogP contribution is 2.31. The second-order valence-corrected chi connectivity index (χ2v) is 6.56. The van der Waals surface area contributed by atoms with Gasteiger partial charge in [0.2, 0.25) is 0 Å². The molecule has 1 aromatic carbocycles. The lowest BCUT2D eigenvalue weighted by Crippen LogP contribution is -2.48. The predicted molar refractivity (Wildman–Crippen MR) is 78.6 cm³/mol. The van der Waals surface area contributed by atoms with E-state index in [0.29, 0.717) is 36.9 Å². The minimum atomic E-state index is -3.80. The van der Waals surface area contributed by atoms with Gasteiger partial charge in [-0.2, -0.15) is 0 Å². The fourth-order valence-corrected chi connectivity index (χ4v) is 3.75. The van der Waals surface area contributed by atoms with E-state index in [1.807, 2.05) is 0 Å². The summed E-state index contributed by atoms with van der Waals surface area (Å²) in [4.78, 5) is 2.49. The van der Waals surface area contributed by atoms with Crippen LogP contribution in [0.1, 0.15) is 5.56 Å². The molecule has 0 aromatic heterocycles. The molecule has 0 bridgehead atoms. The summed E-state index contributed by atoms with van der Waals surface area (Å²) in [5.74, 6) is 0.211. The molecule has 1 heterocycles. The molecule has 2 rings (SSSR count). The van der Waals surface area contributed by atoms with E-state index in [0.717, 1.165) is 0 Å². The fraction of sp³-hybridized carbons (Fsp3) is 0.500. The number of hydrazine groups is 1. The molecule has 1 aliphatic heterocycles. The third-order valence-corrected chi connectivity index (χ3v) is 4.67. The zero-order valence-corrected chi connectivity index (χ0v) is 13.2. The molecule has 1 aliphatic rings. The number of hydrogen-bond donors (Lipinski definition) is 2. The van der Waals surface area contributed by atoms with Crippen LogP contribution in [0.5, 0.6) is 5.75 Å². The van der Waals surface area contributed by atoms with Gasteiger partial charge in [0.15, 0.2) is 0 Å². The number of halogens is 1. The SMILES string of the molecule is COc1c(CN)cc(Cl)cc1S(=O)(=O)NN1CCOCC1. The first kappa shape index (κ1) is 16.5. The standard InChI is InChI=1S/C12H18ClN3O4S/c1-19-12-9(8-14)6-10(13)7-11(12)21(17,18)15-16-2-4-20-5-3-16/h6-7,15H,2-5,8,14H2,1H3. The molecule has 9 heteroatoms. The summed E-state index contributed by atoms with van der Waals surface area (Å²) in [5.41, 5.74) is 6.15. The molecule has 1 saturated heterocycles. The zero-order chi connectivity index (χ0) is 15.5. The van der Waals surface area contributed by atoms with Crippen molar-refractivity contribution in [3.05, 3.63) is 22.7 Å². The molecule has 0 unspecified atom stereocenters. The van der Waals surface area contributed by atoms with Gasteiger partial charge in [-0.15, -0.1) is 4.83 Å². The van der Waals surface area contributed by atoms with Gasteiger partial charge in [0.1, 0.15) is 10.6 Å². The van der Waals surface area contributed by atoms with Gasteiger partial charge < -0.3 is 15.2 Å². The van der Waals surface area contributed by atoms with Crippen LogP contribution in [-0.4, -0.2) is 46.8 Å². The van der Waals surface area contributed by atoms with Gasteiger partial charge in [-0.1, -0.05) is 11.6 Å². The van der Waals surface area contributed by atoms with E-state index in [1.54, 1.807) is 11.1 Å². The first-order valence-corrected chi connectivity index (χ1v) is 8.25. The Morgan fingerprint density at radius 2 is 2.10 bits per heavy atom. The predicted octanol–water partition coefficient (Wildman–Crippen LogP) is 0.333. The molecule has 0 atom stereocenters. The number of methoxy groups -OCH3 is 1. The molecule has 0 aliphatic carbocycles. The number of nitrogens with one attached hydrogen (secondary N) is 1. The maximum Gasteiger partial charge on any atom is 0.257 e. The van der Waals surface area contributed by atoms with Crippen molar-refractivity contribution >= 4 is 21.6 Å². The second kappa shape index (κ2) is 6.91. The second-order valence-electron chi connectivity index (χ2n) is 4.49. The lowest BCUT2D eigenvalue weighted by molar-refractivity contribution is 0.0272. The van der Waals surface area contributed by atoms with Gasteiger partial charge in [-0.05, 0) is 12.1 Å². The highest BCUT2D eigenvalue weighted by molar-refractivity contribution is 7.89. The molecule has 0 spiro atoms. The van der Waals surface area contributed by atoms with Crippen LogP contribution in [0.25, 0.3) is 0 Å². The van der Waals surface area contributed by atoms with E-state index in [9.17, 15) is 8.42 Å². The van der Waals surface area contributed by atoms with Gasteiger partial charge >= 0.3 is 0 Å². The number of morpholine rings is 1. The average Bonchev–Trinajstić information content (AvgIpc) is 2.46. The summed E-state index contributed by atoms with van der Waals surface area (Å²) in [6.45, 7) is 2.04. The van der Waals surface area contributed by atoms with Crippen molar-refractivity contribution in [1.82, 2.24) is 9.84 Å². The molecule has 1 aromatic rings. The van der Waals surface area contributed by atoms with E-state index in [-0.39, 0.29) is 17.2 Å². The van der Waals surface area contributed by atoms with Crippen molar-refractivity contribution in [3.8, 4) is 5.75 Å². The van der Waals surface area contributed by atoms with Crippen molar-refractivity contribution in [3.63, 3.8) is 0 Å². The number of rotatable bonds is 5. The number of sulfonamides is 1. The summed E-state index contributed by atoms with van der Waals surface area (Å²) in [6, 6.07) is 2.94. The molecule has 0 amide bonds. The van der Waals surface area contributed by atoms with Gasteiger partial charge in [-0.3, -0.25) is 0 Å². The van der Waals surface area contributed by atoms with Crippen LogP contribution in [-0.2, 0) is 21.3 Å². The van der Waals surface area contributed by atoms with Crippen molar-refractivity contribution in [2.75, 3.05) is 33.4 Å². The molecular formula is C12H18ClN3O4S. The van der Waals surface area contributed by atoms with Gasteiger partial charge in [-0.25, -0.2) is 13.4 Å². The largest absolute Gasteiger partial charge is 0.495 e. The lowest BCUT2D eigenvalue weighted by Gasteiger charge is -2.27. The van der Waals surface area contributed by atoms with Crippen LogP contribution in [0, 0.1) is 0 Å². The Morgan fingerprint density at radius 3 is 2.67 bits per heavy atom. The Bertz CT molecular complexity index is 603. The van der Waals surface area contributed by atoms with Crippen molar-refractivity contribution < 1.29 is 17.9 Å². The van der Waals surface area contributed by atoms with Crippen molar-refractivity contribution in [2.24, 2.45) is 5.73 Å². The fourth-order valence-electron chi connectivity index (χ4n) is 2.08. The number of ether oxygens (including phenoxy) is 2. The Morgan fingerprint density at radius 1 is 1.43 bits per heavy atom. The minimum Gasteiger partial charge on any atom is -0.495 e. The number of nitrogens with two attached hydrogens (primary N) is 1. The highest BCUT2D eigenvalue weighted by atomic mass is 35.5. The van der Waals surface area contributed by atoms with Crippen molar-refractivity contribution in [1.29, 1.82) is 0 Å². The summed E-state index contributed by atoms with van der Waals surface area (Å²) < 4.78 is 35.4. The third kappa shape index (κ3) is 3.85. The van der Waals surface area contributed by atoms with E-state index < -0.39 is 10.0 Å². The molecule has 1 fully saturated rings. The van der Waals surface area contributed by atoms with Crippen LogP contribution >= 0.6 is 11.6 Å². The summed E-state index contributed by atoms with van der Waals surface area (Å²) in [7, 11) is -2.40. The van der Waals surface area contributed by atoms with E-state index in [1.165, 1.54) is 13.2 Å². The van der Waals surface area contributed by atoms with Crippen molar-refractivity contribution in [2.45, 2.75) is 11.4 Å². The minimum absolute atomic E-state index is 0.0237. The van der Waals surface area contributed by atoms with Crippen LogP contribution in [0.3, 0.4) is 0 Å². The van der Waals surface area contributed by atoms with E-state index in [4.69, 9.17) is 26.8 Å². The normalized spacial score (nSPS) is 16.9. The van der Waals surface area contributed by atoms with Crippen LogP contribution < -0.4 is 15.3 Å². The van der Waals surface area contributed by atoms with Gasteiger partial charge in [0.05, 0.1) is 20.3 Å². The van der Waals surface area contributed by atoms with Gasteiger partial charge in [0.25, 0.3) is 10.0 Å². The first-order chi connectivity index (χ1) is 9.97. The summed E-state index contributed by atoms with van der Waals surface area (Å²) >= 11 is 5.97. The Balaban J connectivity index is 2.36. The van der Waals surface area contributed by atoms with E-state index >= 15 is 0 Å². The maximum atomic E-state index is 12.5. The summed E-state index contributed by atoms with van der Waals surface area (Å²) in [5, 5.41) is 1.87. The Hall–Kier alpha value is -0.900. The zero-order valence-electron chi connectivity index (χ0n) is 11.6. The highest BCUT2D eigenvalue weighted by Gasteiger charge is 2.25. The smallest absolute Gasteiger partial charge is 0.257 e. The first-order valence-electron chi connectivity index (χ1n) is 6.39. The topological polar surface area (TPSA) is 93.9 Å². The molecule has 7 nitrogen and oxygen atoms in total. The van der Waals surface area contributed by atoms with Crippen LogP contribution in [0.4, 0.5) is 0 Å². The Labute approximate surface area is 129 Å². The number of benzene rings is 1. The number of nitrogens with zero attached hydrogens (tertiary/aromatic N) is 1. The monoisotopic (exact) mass is 335 g/mol. The average molecular weight is 336 g/mol. The third-order valence-electron chi connectivity index (χ3n) is 3.07. The maximum absolute atomic E-state index is 12.5. The van der Waals surface area contributed by atoms with Gasteiger partial charge in [0, 0.05) is 30.2 Å². The lowest BCUT2D eigenvalue weighted by atomic mass is 10.2. The molecule has 0 radical (unpaired) electrons. The molecule has 0 saturated carbocycles. The molecule has 21 heavy (non-hydrogen) atoms. The molecular weight excluding hydrogens is 318 g/mol. The van der Waals surface area contributed by atoms with Crippen LogP contribution in [0.2, 0.25) is 5.02 Å². The summed E-state index contributed by atoms with van der Waals surface area (Å²) in [6.07, 6.45) is 0. The Kier molecular flexibility index (Phi) is 5.42. The van der Waals surface area contributed by atoms with E-state index in [2.05, 4.69) is 4.83 Å². The quantitative estimate of drug-likeness (QED) is 0.805. The molecule has 3 N–H and O–H groups in total. The van der Waals surface area contributed by atoms with Crippen LogP contribution in [0.15, 0.2) is 17.0 Å². The molecule has 118 valence electrons. The number of hydrogen-bond acceptors (Lipinski definition) is 6.